The van der Waals surface area contributed by atoms with Crippen LogP contribution in [0.4, 0.5) is 0 Å². The standard InChI is InChI=1S/C10H14N2.2ClH/c1-8-4-3-5-9-6-12(11-2)7-10(8)9;;/h3-5,11H,6-7H2,1-2H3;2*1H. The number of rotatable bonds is 1. The van der Waals surface area contributed by atoms with Crippen LogP contribution >= 0.6 is 24.8 Å². The van der Waals surface area contributed by atoms with Crippen molar-refractivity contribution < 1.29 is 0 Å². The van der Waals surface area contributed by atoms with Crippen molar-refractivity contribution in [3.05, 3.63) is 34.9 Å². The van der Waals surface area contributed by atoms with Crippen LogP contribution in [-0.2, 0) is 13.1 Å². The molecule has 0 fully saturated rings. The monoisotopic (exact) mass is 234 g/mol. The molecule has 1 N–H and O–H groups in total. The molecule has 0 aromatic heterocycles. The van der Waals surface area contributed by atoms with Gasteiger partial charge in [0.15, 0.2) is 0 Å². The maximum atomic E-state index is 3.17. The Balaban J connectivity index is 0.000000845. The molecule has 2 nitrogen and oxygen atoms in total. The molecule has 80 valence electrons. The van der Waals surface area contributed by atoms with Gasteiger partial charge in [-0.25, -0.2) is 5.01 Å². The fourth-order valence-electron chi connectivity index (χ4n) is 1.75. The highest BCUT2D eigenvalue weighted by molar-refractivity contribution is 5.85. The van der Waals surface area contributed by atoms with Crippen LogP contribution in [0.2, 0.25) is 0 Å². The van der Waals surface area contributed by atoms with Crippen molar-refractivity contribution in [3.63, 3.8) is 0 Å². The Kier molecular flexibility index (Phi) is 5.45. The van der Waals surface area contributed by atoms with Gasteiger partial charge >= 0.3 is 0 Å². The van der Waals surface area contributed by atoms with Crippen LogP contribution in [0.5, 0.6) is 0 Å². The molecule has 0 unspecified atom stereocenters. The molecule has 0 radical (unpaired) electrons. The average Bonchev–Trinajstić information content (AvgIpc) is 2.49. The zero-order chi connectivity index (χ0) is 8.55. The summed E-state index contributed by atoms with van der Waals surface area (Å²) in [4.78, 5) is 0. The molecule has 1 aliphatic heterocycles. The van der Waals surface area contributed by atoms with Crippen molar-refractivity contribution in [2.75, 3.05) is 7.05 Å². The molecule has 0 amide bonds. The molecule has 0 bridgehead atoms. The quantitative estimate of drug-likeness (QED) is 0.803. The zero-order valence-corrected chi connectivity index (χ0v) is 10.0. The maximum Gasteiger partial charge on any atom is 0.0391 e. The molecule has 1 heterocycles. The van der Waals surface area contributed by atoms with Gasteiger partial charge in [0.1, 0.15) is 0 Å². The van der Waals surface area contributed by atoms with E-state index in [1.165, 1.54) is 16.7 Å². The minimum Gasteiger partial charge on any atom is -0.258 e. The fourth-order valence-corrected chi connectivity index (χ4v) is 1.75. The first-order chi connectivity index (χ1) is 5.81. The van der Waals surface area contributed by atoms with E-state index in [9.17, 15) is 0 Å². The van der Waals surface area contributed by atoms with Gasteiger partial charge in [-0.05, 0) is 30.7 Å². The first kappa shape index (κ1) is 13.7. The molecular weight excluding hydrogens is 219 g/mol. The number of hydrazine groups is 1. The van der Waals surface area contributed by atoms with Crippen molar-refractivity contribution in [3.8, 4) is 0 Å². The Labute approximate surface area is 97.5 Å². The van der Waals surface area contributed by atoms with Crippen molar-refractivity contribution >= 4 is 24.8 Å². The number of nitrogens with one attached hydrogen (secondary N) is 1. The summed E-state index contributed by atoms with van der Waals surface area (Å²) in [7, 11) is 1.97. The first-order valence-electron chi connectivity index (χ1n) is 4.31. The molecule has 1 aromatic carbocycles. The highest BCUT2D eigenvalue weighted by Crippen LogP contribution is 2.23. The van der Waals surface area contributed by atoms with Crippen molar-refractivity contribution in [2.45, 2.75) is 20.0 Å². The van der Waals surface area contributed by atoms with Gasteiger partial charge in [0.2, 0.25) is 0 Å². The molecule has 2 rings (SSSR count). The summed E-state index contributed by atoms with van der Waals surface area (Å²) in [5, 5.41) is 2.22. The van der Waals surface area contributed by atoms with E-state index in [4.69, 9.17) is 0 Å². The van der Waals surface area contributed by atoms with Gasteiger partial charge in [-0.1, -0.05) is 18.2 Å². The van der Waals surface area contributed by atoms with Gasteiger partial charge in [0.05, 0.1) is 0 Å². The summed E-state index contributed by atoms with van der Waals surface area (Å²) >= 11 is 0. The summed E-state index contributed by atoms with van der Waals surface area (Å²) < 4.78 is 0. The highest BCUT2D eigenvalue weighted by Gasteiger charge is 2.18. The summed E-state index contributed by atoms with van der Waals surface area (Å²) in [5.74, 6) is 0. The third kappa shape index (κ3) is 2.39. The predicted molar refractivity (Wildman–Crippen MR) is 64.0 cm³/mol. The number of halogens is 2. The Hall–Kier alpha value is -0.280. The zero-order valence-electron chi connectivity index (χ0n) is 8.41. The molecule has 1 aromatic rings. The minimum atomic E-state index is 0. The number of fused-ring (bicyclic) bond motifs is 1. The molecule has 1 aliphatic rings. The van der Waals surface area contributed by atoms with Gasteiger partial charge in [0.25, 0.3) is 0 Å². The van der Waals surface area contributed by atoms with Gasteiger partial charge in [-0.2, -0.15) is 0 Å². The average molecular weight is 235 g/mol. The molecule has 0 spiro atoms. The van der Waals surface area contributed by atoms with E-state index in [1.54, 1.807) is 0 Å². The topological polar surface area (TPSA) is 15.3 Å². The number of hydrogen-bond donors (Lipinski definition) is 1. The van der Waals surface area contributed by atoms with Crippen molar-refractivity contribution in [1.29, 1.82) is 0 Å². The van der Waals surface area contributed by atoms with E-state index < -0.39 is 0 Å². The Morgan fingerprint density at radius 3 is 2.50 bits per heavy atom. The van der Waals surface area contributed by atoms with Crippen LogP contribution in [0, 0.1) is 6.92 Å². The lowest BCUT2D eigenvalue weighted by atomic mass is 10.1. The molecular formula is C10H16Cl2N2. The second-order valence-corrected chi connectivity index (χ2v) is 3.29. The predicted octanol–water partition coefficient (Wildman–Crippen LogP) is 2.29. The van der Waals surface area contributed by atoms with Crippen LogP contribution in [0.25, 0.3) is 0 Å². The molecule has 0 aliphatic carbocycles. The van der Waals surface area contributed by atoms with Gasteiger partial charge in [-0.15, -0.1) is 24.8 Å². The van der Waals surface area contributed by atoms with Crippen LogP contribution in [0.1, 0.15) is 16.7 Å². The Bertz CT molecular complexity index is 302. The Morgan fingerprint density at radius 2 is 1.93 bits per heavy atom. The van der Waals surface area contributed by atoms with Crippen molar-refractivity contribution in [2.24, 2.45) is 0 Å². The van der Waals surface area contributed by atoms with Crippen LogP contribution in [0.15, 0.2) is 18.2 Å². The molecule has 14 heavy (non-hydrogen) atoms. The number of hydrogen-bond acceptors (Lipinski definition) is 2. The summed E-state index contributed by atoms with van der Waals surface area (Å²) in [6, 6.07) is 6.52. The third-order valence-electron chi connectivity index (χ3n) is 2.53. The largest absolute Gasteiger partial charge is 0.258 e. The summed E-state index contributed by atoms with van der Waals surface area (Å²) in [6.07, 6.45) is 0. The van der Waals surface area contributed by atoms with Crippen molar-refractivity contribution in [1.82, 2.24) is 10.4 Å². The number of benzene rings is 1. The molecule has 0 saturated carbocycles. The van der Waals surface area contributed by atoms with Gasteiger partial charge in [0, 0.05) is 13.1 Å². The molecule has 0 atom stereocenters. The van der Waals surface area contributed by atoms with E-state index in [2.05, 4.69) is 35.6 Å². The first-order valence-corrected chi connectivity index (χ1v) is 4.31. The second-order valence-electron chi connectivity index (χ2n) is 3.29. The normalized spacial score (nSPS) is 14.1. The lowest BCUT2D eigenvalue weighted by molar-refractivity contribution is 0.212. The minimum absolute atomic E-state index is 0. The van der Waals surface area contributed by atoms with E-state index in [-0.39, 0.29) is 24.8 Å². The third-order valence-corrected chi connectivity index (χ3v) is 2.53. The molecule has 4 heteroatoms. The van der Waals surface area contributed by atoms with Crippen LogP contribution in [-0.4, -0.2) is 12.1 Å². The van der Waals surface area contributed by atoms with E-state index in [0.29, 0.717) is 0 Å². The summed E-state index contributed by atoms with van der Waals surface area (Å²) in [6.45, 7) is 4.25. The van der Waals surface area contributed by atoms with Crippen LogP contribution in [0.3, 0.4) is 0 Å². The SMILES string of the molecule is CNN1Cc2cccc(C)c2C1.Cl.Cl. The lowest BCUT2D eigenvalue weighted by Crippen LogP contribution is -2.29. The van der Waals surface area contributed by atoms with Crippen LogP contribution < -0.4 is 5.43 Å². The van der Waals surface area contributed by atoms with Gasteiger partial charge < -0.3 is 0 Å². The maximum absolute atomic E-state index is 3.17. The number of nitrogens with zero attached hydrogens (tertiary/aromatic N) is 1. The molecule has 0 saturated heterocycles. The van der Waals surface area contributed by atoms with E-state index in [1.807, 2.05) is 7.05 Å². The highest BCUT2D eigenvalue weighted by atomic mass is 35.5. The lowest BCUT2D eigenvalue weighted by Gasteiger charge is -2.11. The van der Waals surface area contributed by atoms with E-state index in [0.717, 1.165) is 13.1 Å². The fraction of sp³-hybridized carbons (Fsp3) is 0.400. The Morgan fingerprint density at radius 1 is 1.21 bits per heavy atom. The smallest absolute Gasteiger partial charge is 0.0391 e. The summed E-state index contributed by atoms with van der Waals surface area (Å²) in [5.41, 5.74) is 7.53. The van der Waals surface area contributed by atoms with Gasteiger partial charge in [-0.3, -0.25) is 5.43 Å². The van der Waals surface area contributed by atoms with E-state index >= 15 is 0 Å². The second kappa shape index (κ2) is 5.56. The number of aryl methyl sites for hydroxylation is 1.